The maximum absolute atomic E-state index is 13.5. The van der Waals surface area contributed by atoms with E-state index in [0.29, 0.717) is 33.3 Å². The molecule has 184 valence electrons. The largest absolute Gasteiger partial charge is 0.457 e. The summed E-state index contributed by atoms with van der Waals surface area (Å²) in [5, 5.41) is 3.36. The first-order valence-corrected chi connectivity index (χ1v) is 13.2. The van der Waals surface area contributed by atoms with Gasteiger partial charge in [-0.05, 0) is 65.7 Å². The van der Waals surface area contributed by atoms with E-state index in [1.54, 1.807) is 73.7 Å². The predicted octanol–water partition coefficient (Wildman–Crippen LogP) is 6.91. The Morgan fingerprint density at radius 1 is 0.944 bits per heavy atom. The van der Waals surface area contributed by atoms with E-state index in [4.69, 9.17) is 16.3 Å². The summed E-state index contributed by atoms with van der Waals surface area (Å²) in [6.45, 7) is 1.59. The molecule has 4 aromatic carbocycles. The quantitative estimate of drug-likeness (QED) is 0.272. The van der Waals surface area contributed by atoms with Crippen molar-refractivity contribution in [2.24, 2.45) is 0 Å². The molecule has 0 aromatic heterocycles. The monoisotopic (exact) mass is 523 g/mol. The van der Waals surface area contributed by atoms with Gasteiger partial charge in [-0.15, -0.1) is 0 Å². The van der Waals surface area contributed by atoms with Crippen molar-refractivity contribution in [3.63, 3.8) is 0 Å². The highest BCUT2D eigenvalue weighted by Gasteiger charge is 2.14. The van der Waals surface area contributed by atoms with Crippen LogP contribution in [0, 0.1) is 5.82 Å². The molecule has 8 heteroatoms. The number of anilines is 1. The number of ether oxygens (including phenoxy) is 1. The van der Waals surface area contributed by atoms with Crippen molar-refractivity contribution in [2.75, 3.05) is 11.1 Å². The van der Waals surface area contributed by atoms with Crippen LogP contribution in [0.1, 0.15) is 12.5 Å². The molecule has 0 fully saturated rings. The number of carbonyl (C=O) groups excluding carboxylic acids is 1. The van der Waals surface area contributed by atoms with Gasteiger partial charge < -0.3 is 10.1 Å². The highest BCUT2D eigenvalue weighted by molar-refractivity contribution is 7.91. The van der Waals surface area contributed by atoms with Gasteiger partial charge in [-0.1, -0.05) is 48.9 Å². The second kappa shape index (κ2) is 10.9. The third-order valence-corrected chi connectivity index (χ3v) is 7.46. The van der Waals surface area contributed by atoms with Crippen molar-refractivity contribution in [3.8, 4) is 22.6 Å². The maximum Gasteiger partial charge on any atom is 0.228 e. The molecule has 0 unspecified atom stereocenters. The Morgan fingerprint density at radius 3 is 2.33 bits per heavy atom. The molecule has 0 aliphatic carbocycles. The summed E-state index contributed by atoms with van der Waals surface area (Å²) in [5.74, 6) is 0.359. The van der Waals surface area contributed by atoms with Crippen molar-refractivity contribution >= 4 is 33.0 Å². The standard InChI is InChI=1S/C28H23ClFNO4S/c1-2-36(33,34)25-13-6-19(7-14-25)16-28(32)31-23-12-15-26(20-8-10-22(30)11-9-20)27(18-23)35-24-5-3-4-21(29)17-24/h3-15,17-18H,2,16H2,1H3,(H,31,32). The van der Waals surface area contributed by atoms with E-state index in [0.717, 1.165) is 5.56 Å². The summed E-state index contributed by atoms with van der Waals surface area (Å²) >= 11 is 6.09. The van der Waals surface area contributed by atoms with Gasteiger partial charge in [-0.2, -0.15) is 0 Å². The normalized spacial score (nSPS) is 11.2. The van der Waals surface area contributed by atoms with E-state index >= 15 is 0 Å². The smallest absolute Gasteiger partial charge is 0.228 e. The van der Waals surface area contributed by atoms with Crippen LogP contribution in [-0.4, -0.2) is 20.1 Å². The lowest BCUT2D eigenvalue weighted by atomic mass is 10.0. The van der Waals surface area contributed by atoms with Gasteiger partial charge in [-0.25, -0.2) is 12.8 Å². The molecule has 1 N–H and O–H groups in total. The SMILES string of the molecule is CCS(=O)(=O)c1ccc(CC(=O)Nc2ccc(-c3ccc(F)cc3)c(Oc3cccc(Cl)c3)c2)cc1. The first-order valence-electron chi connectivity index (χ1n) is 11.2. The number of hydrogen-bond donors (Lipinski definition) is 1. The summed E-state index contributed by atoms with van der Waals surface area (Å²) in [7, 11) is -3.30. The number of sulfone groups is 1. The molecule has 0 atom stereocenters. The van der Waals surface area contributed by atoms with Gasteiger partial charge in [0, 0.05) is 22.3 Å². The first kappa shape index (κ1) is 25.4. The minimum Gasteiger partial charge on any atom is -0.457 e. The van der Waals surface area contributed by atoms with Gasteiger partial charge in [0.2, 0.25) is 5.91 Å². The Morgan fingerprint density at radius 2 is 1.67 bits per heavy atom. The fourth-order valence-corrected chi connectivity index (χ4v) is 4.65. The molecule has 0 heterocycles. The van der Waals surface area contributed by atoms with Crippen molar-refractivity contribution in [2.45, 2.75) is 18.2 Å². The van der Waals surface area contributed by atoms with Crippen LogP contribution in [0.15, 0.2) is 95.9 Å². The van der Waals surface area contributed by atoms with Gasteiger partial charge in [0.05, 0.1) is 17.1 Å². The molecule has 0 radical (unpaired) electrons. The topological polar surface area (TPSA) is 72.5 Å². The fourth-order valence-electron chi connectivity index (χ4n) is 3.58. The third-order valence-electron chi connectivity index (χ3n) is 5.47. The average Bonchev–Trinajstić information content (AvgIpc) is 2.85. The predicted molar refractivity (Wildman–Crippen MR) is 140 cm³/mol. The summed E-state index contributed by atoms with van der Waals surface area (Å²) < 4.78 is 43.5. The highest BCUT2D eigenvalue weighted by Crippen LogP contribution is 2.36. The fraction of sp³-hybridized carbons (Fsp3) is 0.107. The lowest BCUT2D eigenvalue weighted by Crippen LogP contribution is -2.14. The molecular formula is C28H23ClFNO4S. The second-order valence-electron chi connectivity index (χ2n) is 8.05. The van der Waals surface area contributed by atoms with Gasteiger partial charge in [-0.3, -0.25) is 4.79 Å². The Bertz CT molecular complexity index is 1490. The van der Waals surface area contributed by atoms with Crippen molar-refractivity contribution < 1.29 is 22.3 Å². The summed E-state index contributed by atoms with van der Waals surface area (Å²) in [6, 6.07) is 24.4. The molecule has 36 heavy (non-hydrogen) atoms. The number of rotatable bonds is 8. The van der Waals surface area contributed by atoms with Crippen LogP contribution >= 0.6 is 11.6 Å². The number of nitrogens with one attached hydrogen (secondary N) is 1. The minimum absolute atomic E-state index is 0.0142. The van der Waals surface area contributed by atoms with Crippen LogP contribution in [-0.2, 0) is 21.1 Å². The number of hydrogen-bond acceptors (Lipinski definition) is 4. The molecule has 5 nitrogen and oxygen atoms in total. The Balaban J connectivity index is 1.56. The molecule has 0 spiro atoms. The van der Waals surface area contributed by atoms with E-state index < -0.39 is 9.84 Å². The number of amides is 1. The summed E-state index contributed by atoms with van der Waals surface area (Å²) in [4.78, 5) is 12.9. The highest BCUT2D eigenvalue weighted by atomic mass is 35.5. The van der Waals surface area contributed by atoms with E-state index in [-0.39, 0.29) is 28.8 Å². The van der Waals surface area contributed by atoms with E-state index in [1.807, 2.05) is 0 Å². The molecular weight excluding hydrogens is 501 g/mol. The molecule has 4 aromatic rings. The molecule has 0 aliphatic rings. The maximum atomic E-state index is 13.5. The van der Waals surface area contributed by atoms with Crippen molar-refractivity contribution in [1.29, 1.82) is 0 Å². The first-order chi connectivity index (χ1) is 17.2. The number of benzene rings is 4. The Labute approximate surface area is 214 Å². The summed E-state index contributed by atoms with van der Waals surface area (Å²) in [5.41, 5.74) is 2.64. The Hall–Kier alpha value is -3.68. The zero-order chi connectivity index (χ0) is 25.7. The zero-order valence-electron chi connectivity index (χ0n) is 19.4. The molecule has 0 bridgehead atoms. The zero-order valence-corrected chi connectivity index (χ0v) is 20.9. The molecule has 0 saturated heterocycles. The lowest BCUT2D eigenvalue weighted by molar-refractivity contribution is -0.115. The van der Waals surface area contributed by atoms with Gasteiger partial charge >= 0.3 is 0 Å². The third kappa shape index (κ3) is 6.30. The van der Waals surface area contributed by atoms with E-state index in [9.17, 15) is 17.6 Å². The van der Waals surface area contributed by atoms with Crippen LogP contribution < -0.4 is 10.1 Å². The minimum atomic E-state index is -3.30. The molecule has 4 rings (SSSR count). The van der Waals surface area contributed by atoms with Gasteiger partial charge in [0.15, 0.2) is 9.84 Å². The van der Waals surface area contributed by atoms with E-state index in [1.165, 1.54) is 24.3 Å². The molecule has 1 amide bonds. The van der Waals surface area contributed by atoms with Gasteiger partial charge in [0.25, 0.3) is 0 Å². The Kier molecular flexibility index (Phi) is 7.72. The van der Waals surface area contributed by atoms with Crippen LogP contribution in [0.2, 0.25) is 5.02 Å². The van der Waals surface area contributed by atoms with Crippen LogP contribution in [0.3, 0.4) is 0 Å². The molecule has 0 aliphatic heterocycles. The van der Waals surface area contributed by atoms with E-state index in [2.05, 4.69) is 5.32 Å². The average molecular weight is 524 g/mol. The van der Waals surface area contributed by atoms with Crippen LogP contribution in [0.5, 0.6) is 11.5 Å². The van der Waals surface area contributed by atoms with Crippen LogP contribution in [0.25, 0.3) is 11.1 Å². The van der Waals surface area contributed by atoms with Crippen molar-refractivity contribution in [1.82, 2.24) is 0 Å². The lowest BCUT2D eigenvalue weighted by Gasteiger charge is -2.14. The second-order valence-corrected chi connectivity index (χ2v) is 10.8. The van der Waals surface area contributed by atoms with Crippen LogP contribution in [0.4, 0.5) is 10.1 Å². The van der Waals surface area contributed by atoms with Crippen molar-refractivity contribution in [3.05, 3.63) is 107 Å². The van der Waals surface area contributed by atoms with Gasteiger partial charge in [0.1, 0.15) is 17.3 Å². The summed E-state index contributed by atoms with van der Waals surface area (Å²) in [6.07, 6.45) is 0.0661. The number of halogens is 2. The number of carbonyl (C=O) groups is 1. The molecule has 0 saturated carbocycles.